The number of aromatic nitrogens is 3. The highest BCUT2D eigenvalue weighted by Gasteiger charge is 2.15. The van der Waals surface area contributed by atoms with Gasteiger partial charge in [-0.05, 0) is 24.3 Å². The molecule has 1 heterocycles. The molecule has 0 aliphatic heterocycles. The van der Waals surface area contributed by atoms with Crippen molar-refractivity contribution < 1.29 is 9.53 Å². The number of amides is 1. The highest BCUT2D eigenvalue weighted by molar-refractivity contribution is 6.30. The standard InChI is InChI=1S/C12H14ClN5O2/c1-18(11(19)10-15-12(14)17-16-10)6-7-20-9-4-2-8(13)3-5-9/h2-5H,6-7H2,1H3,(H3,14,15,16,17). The molecule has 0 atom stereocenters. The van der Waals surface area contributed by atoms with Gasteiger partial charge in [-0.25, -0.2) is 0 Å². The number of carbonyl (C=O) groups is 1. The lowest BCUT2D eigenvalue weighted by Gasteiger charge is -2.15. The lowest BCUT2D eigenvalue weighted by Crippen LogP contribution is -2.31. The van der Waals surface area contributed by atoms with Crippen LogP contribution in [0.4, 0.5) is 5.95 Å². The van der Waals surface area contributed by atoms with Crippen molar-refractivity contribution in [3.63, 3.8) is 0 Å². The third-order valence-electron chi connectivity index (χ3n) is 2.56. The van der Waals surface area contributed by atoms with Crippen molar-refractivity contribution in [1.29, 1.82) is 0 Å². The minimum Gasteiger partial charge on any atom is -0.492 e. The van der Waals surface area contributed by atoms with Crippen LogP contribution in [-0.2, 0) is 0 Å². The number of halogens is 1. The lowest BCUT2D eigenvalue weighted by atomic mass is 10.3. The minimum absolute atomic E-state index is 0.0409. The van der Waals surface area contributed by atoms with Gasteiger partial charge in [0.05, 0.1) is 6.54 Å². The van der Waals surface area contributed by atoms with Crippen molar-refractivity contribution in [2.24, 2.45) is 0 Å². The van der Waals surface area contributed by atoms with Crippen LogP contribution in [-0.4, -0.2) is 46.2 Å². The quantitative estimate of drug-likeness (QED) is 0.863. The van der Waals surface area contributed by atoms with Crippen LogP contribution in [0.5, 0.6) is 5.75 Å². The summed E-state index contributed by atoms with van der Waals surface area (Å²) >= 11 is 5.77. The van der Waals surface area contributed by atoms with E-state index in [9.17, 15) is 4.79 Å². The average molecular weight is 296 g/mol. The minimum atomic E-state index is -0.297. The molecule has 1 aromatic heterocycles. The summed E-state index contributed by atoms with van der Waals surface area (Å²) in [5.74, 6) is 0.545. The molecule has 0 bridgehead atoms. The maximum Gasteiger partial charge on any atom is 0.291 e. The highest BCUT2D eigenvalue weighted by Crippen LogP contribution is 2.15. The Balaban J connectivity index is 1.81. The molecule has 1 amide bonds. The average Bonchev–Trinajstić information content (AvgIpc) is 2.86. The molecule has 20 heavy (non-hydrogen) atoms. The zero-order chi connectivity index (χ0) is 14.5. The van der Waals surface area contributed by atoms with E-state index in [1.54, 1.807) is 31.3 Å². The number of nitrogens with two attached hydrogens (primary N) is 1. The number of benzene rings is 1. The van der Waals surface area contributed by atoms with Crippen molar-refractivity contribution in [2.45, 2.75) is 0 Å². The van der Waals surface area contributed by atoms with Gasteiger partial charge in [0.2, 0.25) is 11.8 Å². The van der Waals surface area contributed by atoms with Crippen LogP contribution in [0.15, 0.2) is 24.3 Å². The molecule has 3 N–H and O–H groups in total. The fourth-order valence-electron chi connectivity index (χ4n) is 1.48. The van der Waals surface area contributed by atoms with E-state index >= 15 is 0 Å². The normalized spacial score (nSPS) is 10.3. The van der Waals surface area contributed by atoms with Crippen molar-refractivity contribution in [2.75, 3.05) is 25.9 Å². The van der Waals surface area contributed by atoms with Gasteiger partial charge in [0.15, 0.2) is 0 Å². The number of aromatic amines is 1. The largest absolute Gasteiger partial charge is 0.492 e. The number of ether oxygens (including phenoxy) is 1. The van der Waals surface area contributed by atoms with Gasteiger partial charge < -0.3 is 15.4 Å². The Labute approximate surface area is 120 Å². The topological polar surface area (TPSA) is 97.1 Å². The van der Waals surface area contributed by atoms with E-state index in [1.807, 2.05) is 0 Å². The lowest BCUT2D eigenvalue weighted by molar-refractivity contribution is 0.0762. The van der Waals surface area contributed by atoms with Crippen molar-refractivity contribution in [3.8, 4) is 5.75 Å². The van der Waals surface area contributed by atoms with E-state index in [4.69, 9.17) is 22.1 Å². The van der Waals surface area contributed by atoms with Gasteiger partial charge in [0.1, 0.15) is 12.4 Å². The van der Waals surface area contributed by atoms with Crippen LogP contribution in [0.25, 0.3) is 0 Å². The fraction of sp³-hybridized carbons (Fsp3) is 0.250. The van der Waals surface area contributed by atoms with Crippen LogP contribution < -0.4 is 10.5 Å². The second kappa shape index (κ2) is 6.25. The van der Waals surface area contributed by atoms with Crippen LogP contribution in [0.1, 0.15) is 10.6 Å². The maximum atomic E-state index is 11.9. The molecule has 0 unspecified atom stereocenters. The third kappa shape index (κ3) is 3.61. The Bertz CT molecular complexity index is 584. The van der Waals surface area contributed by atoms with Gasteiger partial charge in [-0.3, -0.25) is 9.89 Å². The van der Waals surface area contributed by atoms with Crippen molar-refractivity contribution >= 4 is 23.5 Å². The monoisotopic (exact) mass is 295 g/mol. The van der Waals surface area contributed by atoms with E-state index in [0.717, 1.165) is 0 Å². The van der Waals surface area contributed by atoms with Gasteiger partial charge in [0.25, 0.3) is 5.91 Å². The first-order valence-corrected chi connectivity index (χ1v) is 6.26. The van der Waals surface area contributed by atoms with E-state index < -0.39 is 0 Å². The molecule has 0 radical (unpaired) electrons. The zero-order valence-corrected chi connectivity index (χ0v) is 11.6. The summed E-state index contributed by atoms with van der Waals surface area (Å²) in [7, 11) is 1.65. The summed E-state index contributed by atoms with van der Waals surface area (Å²) in [6.45, 7) is 0.759. The molecule has 0 spiro atoms. The van der Waals surface area contributed by atoms with E-state index in [1.165, 1.54) is 4.90 Å². The summed E-state index contributed by atoms with van der Waals surface area (Å²) in [5.41, 5.74) is 5.35. The molecule has 2 aromatic rings. The maximum absolute atomic E-state index is 11.9. The van der Waals surface area contributed by atoms with Crippen LogP contribution in [0.2, 0.25) is 5.02 Å². The molecular formula is C12H14ClN5O2. The van der Waals surface area contributed by atoms with Gasteiger partial charge in [-0.2, -0.15) is 4.98 Å². The number of likely N-dealkylation sites (N-methyl/N-ethyl adjacent to an activating group) is 1. The Hall–Kier alpha value is -2.28. The Morgan fingerprint density at radius 1 is 1.45 bits per heavy atom. The molecule has 0 saturated heterocycles. The first-order valence-electron chi connectivity index (χ1n) is 5.88. The first kappa shape index (κ1) is 14.1. The summed E-state index contributed by atoms with van der Waals surface area (Å²) < 4.78 is 5.50. The number of nitrogens with zero attached hydrogens (tertiary/aromatic N) is 3. The number of hydrogen-bond acceptors (Lipinski definition) is 5. The summed E-state index contributed by atoms with van der Waals surface area (Å²) in [5, 5.41) is 6.72. The Morgan fingerprint density at radius 3 is 2.75 bits per heavy atom. The van der Waals surface area contributed by atoms with Gasteiger partial charge in [-0.1, -0.05) is 11.6 Å². The number of H-pyrrole nitrogens is 1. The second-order valence-electron chi connectivity index (χ2n) is 4.07. The number of hydrogen-bond donors (Lipinski definition) is 2. The molecule has 8 heteroatoms. The van der Waals surface area contributed by atoms with Crippen molar-refractivity contribution in [1.82, 2.24) is 20.1 Å². The smallest absolute Gasteiger partial charge is 0.291 e. The number of nitrogens with one attached hydrogen (secondary N) is 1. The number of nitrogen functional groups attached to an aromatic ring is 1. The molecular weight excluding hydrogens is 282 g/mol. The molecule has 2 rings (SSSR count). The van der Waals surface area contributed by atoms with Gasteiger partial charge in [0, 0.05) is 12.1 Å². The zero-order valence-electron chi connectivity index (χ0n) is 10.8. The summed E-state index contributed by atoms with van der Waals surface area (Å²) in [6, 6.07) is 7.01. The fourth-order valence-corrected chi connectivity index (χ4v) is 1.61. The van der Waals surface area contributed by atoms with Crippen LogP contribution in [0.3, 0.4) is 0 Å². The molecule has 0 aliphatic carbocycles. The second-order valence-corrected chi connectivity index (χ2v) is 4.51. The Morgan fingerprint density at radius 2 is 2.15 bits per heavy atom. The van der Waals surface area contributed by atoms with Crippen molar-refractivity contribution in [3.05, 3.63) is 35.1 Å². The molecule has 1 aromatic carbocycles. The molecule has 7 nitrogen and oxygen atoms in total. The predicted octanol–water partition coefficient (Wildman–Crippen LogP) is 1.19. The summed E-state index contributed by atoms with van der Waals surface area (Å²) in [6.07, 6.45) is 0. The number of carbonyl (C=O) groups excluding carboxylic acids is 1. The van der Waals surface area contributed by atoms with E-state index in [-0.39, 0.29) is 17.7 Å². The van der Waals surface area contributed by atoms with Gasteiger partial charge in [-0.15, -0.1) is 5.10 Å². The predicted molar refractivity (Wildman–Crippen MR) is 74.7 cm³/mol. The first-order chi connectivity index (χ1) is 9.56. The highest BCUT2D eigenvalue weighted by atomic mass is 35.5. The molecule has 106 valence electrons. The van der Waals surface area contributed by atoms with Crippen LogP contribution >= 0.6 is 11.6 Å². The Kier molecular flexibility index (Phi) is 4.41. The number of rotatable bonds is 5. The van der Waals surface area contributed by atoms with E-state index in [2.05, 4.69) is 15.2 Å². The molecule has 0 fully saturated rings. The van der Waals surface area contributed by atoms with Crippen LogP contribution in [0, 0.1) is 0 Å². The van der Waals surface area contributed by atoms with E-state index in [0.29, 0.717) is 23.9 Å². The number of anilines is 1. The van der Waals surface area contributed by atoms with Gasteiger partial charge >= 0.3 is 0 Å². The third-order valence-corrected chi connectivity index (χ3v) is 2.81. The molecule has 0 aliphatic rings. The molecule has 0 saturated carbocycles. The SMILES string of the molecule is CN(CCOc1ccc(Cl)cc1)C(=O)c1nc(N)n[nH]1. The summed E-state index contributed by atoms with van der Waals surface area (Å²) in [4.78, 5) is 17.1.